The van der Waals surface area contributed by atoms with Crippen molar-refractivity contribution in [1.29, 1.82) is 0 Å². The summed E-state index contributed by atoms with van der Waals surface area (Å²) in [5.74, 6) is -1.01. The van der Waals surface area contributed by atoms with E-state index in [0.717, 1.165) is 30.7 Å². The van der Waals surface area contributed by atoms with E-state index in [4.69, 9.17) is 11.6 Å². The molecule has 3 nitrogen and oxygen atoms in total. The van der Waals surface area contributed by atoms with Crippen LogP contribution < -0.4 is 5.32 Å². The van der Waals surface area contributed by atoms with Crippen LogP contribution in [0.25, 0.3) is 0 Å². The second kappa shape index (κ2) is 7.18. The van der Waals surface area contributed by atoms with Gasteiger partial charge in [0, 0.05) is 0 Å². The normalized spacial score (nSPS) is 12.0. The van der Waals surface area contributed by atoms with E-state index in [1.807, 2.05) is 37.3 Å². The standard InChI is InChI=1S/C16H16ClFN2O/c1-2-6-14(11-7-4-3-5-8-11)20-16(21)13-9-12(18)10-19-15(13)17/h3-5,7-10,14H,2,6H2,1H3,(H,20,21). The van der Waals surface area contributed by atoms with Gasteiger partial charge in [0.15, 0.2) is 0 Å². The third-order valence-corrected chi connectivity index (χ3v) is 3.44. The Hall–Kier alpha value is -1.94. The number of rotatable bonds is 5. The van der Waals surface area contributed by atoms with Gasteiger partial charge in [-0.05, 0) is 18.1 Å². The number of hydrogen-bond donors (Lipinski definition) is 1. The lowest BCUT2D eigenvalue weighted by molar-refractivity contribution is 0.0934. The van der Waals surface area contributed by atoms with Crippen LogP contribution in [0, 0.1) is 5.82 Å². The molecule has 2 rings (SSSR count). The van der Waals surface area contributed by atoms with E-state index in [9.17, 15) is 9.18 Å². The summed E-state index contributed by atoms with van der Waals surface area (Å²) in [6, 6.07) is 10.6. The molecule has 1 aromatic carbocycles. The Morgan fingerprint density at radius 2 is 2.10 bits per heavy atom. The molecule has 0 saturated heterocycles. The lowest BCUT2D eigenvalue weighted by Gasteiger charge is -2.19. The molecule has 1 N–H and O–H groups in total. The highest BCUT2D eigenvalue weighted by molar-refractivity contribution is 6.32. The van der Waals surface area contributed by atoms with Crippen LogP contribution in [0.5, 0.6) is 0 Å². The fourth-order valence-corrected chi connectivity index (χ4v) is 2.30. The molecule has 5 heteroatoms. The van der Waals surface area contributed by atoms with Gasteiger partial charge in [-0.25, -0.2) is 9.37 Å². The van der Waals surface area contributed by atoms with Crippen molar-refractivity contribution in [1.82, 2.24) is 10.3 Å². The van der Waals surface area contributed by atoms with Crippen molar-refractivity contribution in [2.75, 3.05) is 0 Å². The van der Waals surface area contributed by atoms with Crippen molar-refractivity contribution in [3.05, 3.63) is 64.7 Å². The van der Waals surface area contributed by atoms with E-state index in [1.165, 1.54) is 0 Å². The SMILES string of the molecule is CCCC(NC(=O)c1cc(F)cnc1Cl)c1ccccc1. The average Bonchev–Trinajstić information content (AvgIpc) is 2.50. The van der Waals surface area contributed by atoms with Gasteiger partial charge in [0.25, 0.3) is 5.91 Å². The summed E-state index contributed by atoms with van der Waals surface area (Å²) < 4.78 is 13.2. The van der Waals surface area contributed by atoms with Gasteiger partial charge in [-0.1, -0.05) is 55.3 Å². The summed E-state index contributed by atoms with van der Waals surface area (Å²) >= 11 is 5.86. The van der Waals surface area contributed by atoms with Crippen molar-refractivity contribution in [3.63, 3.8) is 0 Å². The van der Waals surface area contributed by atoms with Gasteiger partial charge < -0.3 is 5.32 Å². The first-order valence-corrected chi connectivity index (χ1v) is 7.16. The van der Waals surface area contributed by atoms with Crippen molar-refractivity contribution >= 4 is 17.5 Å². The molecule has 1 heterocycles. The molecule has 1 unspecified atom stereocenters. The van der Waals surface area contributed by atoms with Gasteiger partial charge in [0.1, 0.15) is 11.0 Å². The molecular weight excluding hydrogens is 291 g/mol. The fraction of sp³-hybridized carbons (Fsp3) is 0.250. The average molecular weight is 307 g/mol. The predicted octanol–water partition coefficient (Wildman–Crippen LogP) is 4.15. The third kappa shape index (κ3) is 4.02. The maximum absolute atomic E-state index is 13.2. The molecule has 21 heavy (non-hydrogen) atoms. The van der Waals surface area contributed by atoms with E-state index in [1.54, 1.807) is 0 Å². The van der Waals surface area contributed by atoms with E-state index in [0.29, 0.717) is 0 Å². The molecule has 0 bridgehead atoms. The van der Waals surface area contributed by atoms with Crippen LogP contribution in [0.4, 0.5) is 4.39 Å². The van der Waals surface area contributed by atoms with E-state index in [-0.39, 0.29) is 16.8 Å². The van der Waals surface area contributed by atoms with Crippen molar-refractivity contribution < 1.29 is 9.18 Å². The summed E-state index contributed by atoms with van der Waals surface area (Å²) in [5.41, 5.74) is 1.06. The topological polar surface area (TPSA) is 42.0 Å². The van der Waals surface area contributed by atoms with E-state index < -0.39 is 11.7 Å². The Morgan fingerprint density at radius 3 is 2.76 bits per heavy atom. The molecule has 1 amide bonds. The molecule has 2 aromatic rings. The number of hydrogen-bond acceptors (Lipinski definition) is 2. The van der Waals surface area contributed by atoms with Crippen LogP contribution in [0.3, 0.4) is 0 Å². The number of carbonyl (C=O) groups excluding carboxylic acids is 1. The largest absolute Gasteiger partial charge is 0.345 e. The lowest BCUT2D eigenvalue weighted by Crippen LogP contribution is -2.29. The highest BCUT2D eigenvalue weighted by Crippen LogP contribution is 2.20. The maximum atomic E-state index is 13.2. The zero-order chi connectivity index (χ0) is 15.2. The summed E-state index contributed by atoms with van der Waals surface area (Å²) in [5, 5.41) is 2.89. The second-order valence-electron chi connectivity index (χ2n) is 4.72. The van der Waals surface area contributed by atoms with Gasteiger partial charge in [0.05, 0.1) is 17.8 Å². The minimum atomic E-state index is -0.587. The molecule has 0 aliphatic rings. The van der Waals surface area contributed by atoms with Crippen LogP contribution in [0.2, 0.25) is 5.15 Å². The zero-order valence-corrected chi connectivity index (χ0v) is 12.4. The first-order chi connectivity index (χ1) is 10.1. The number of halogens is 2. The number of benzene rings is 1. The van der Waals surface area contributed by atoms with Crippen molar-refractivity contribution in [2.45, 2.75) is 25.8 Å². The van der Waals surface area contributed by atoms with E-state index in [2.05, 4.69) is 10.3 Å². The quantitative estimate of drug-likeness (QED) is 0.843. The Bertz CT molecular complexity index is 619. The monoisotopic (exact) mass is 306 g/mol. The van der Waals surface area contributed by atoms with Crippen LogP contribution in [0.15, 0.2) is 42.6 Å². The van der Waals surface area contributed by atoms with Crippen LogP contribution in [-0.4, -0.2) is 10.9 Å². The van der Waals surface area contributed by atoms with Gasteiger partial charge in [0.2, 0.25) is 0 Å². The van der Waals surface area contributed by atoms with Crippen LogP contribution >= 0.6 is 11.6 Å². The Kier molecular flexibility index (Phi) is 5.28. The number of nitrogens with one attached hydrogen (secondary N) is 1. The van der Waals surface area contributed by atoms with Crippen molar-refractivity contribution in [3.8, 4) is 0 Å². The summed E-state index contributed by atoms with van der Waals surface area (Å²) in [6.45, 7) is 2.04. The molecule has 110 valence electrons. The molecule has 0 saturated carbocycles. The minimum absolute atomic E-state index is 0.00258. The number of amides is 1. The minimum Gasteiger partial charge on any atom is -0.345 e. The molecule has 0 radical (unpaired) electrons. The maximum Gasteiger partial charge on any atom is 0.254 e. The number of carbonyl (C=O) groups is 1. The zero-order valence-electron chi connectivity index (χ0n) is 11.6. The van der Waals surface area contributed by atoms with Gasteiger partial charge >= 0.3 is 0 Å². The first kappa shape index (κ1) is 15.4. The summed E-state index contributed by atoms with van der Waals surface area (Å²) in [7, 11) is 0. The number of nitrogens with zero attached hydrogens (tertiary/aromatic N) is 1. The van der Waals surface area contributed by atoms with Gasteiger partial charge in [-0.2, -0.15) is 0 Å². The molecular formula is C16H16ClFN2O. The number of pyridine rings is 1. The van der Waals surface area contributed by atoms with Crippen LogP contribution in [-0.2, 0) is 0 Å². The van der Waals surface area contributed by atoms with Crippen LogP contribution in [0.1, 0.15) is 41.7 Å². The molecule has 1 aromatic heterocycles. The summed E-state index contributed by atoms with van der Waals surface area (Å²) in [4.78, 5) is 15.9. The molecule has 0 aliphatic carbocycles. The van der Waals surface area contributed by atoms with E-state index >= 15 is 0 Å². The Balaban J connectivity index is 2.20. The first-order valence-electron chi connectivity index (χ1n) is 6.78. The smallest absolute Gasteiger partial charge is 0.254 e. The predicted molar refractivity (Wildman–Crippen MR) is 80.8 cm³/mol. The third-order valence-electron chi connectivity index (χ3n) is 3.13. The highest BCUT2D eigenvalue weighted by Gasteiger charge is 2.18. The molecule has 0 aliphatic heterocycles. The molecule has 0 spiro atoms. The fourth-order valence-electron chi connectivity index (χ4n) is 2.11. The van der Waals surface area contributed by atoms with Crippen molar-refractivity contribution in [2.24, 2.45) is 0 Å². The second-order valence-corrected chi connectivity index (χ2v) is 5.08. The molecule has 1 atom stereocenters. The lowest BCUT2D eigenvalue weighted by atomic mass is 10.0. The highest BCUT2D eigenvalue weighted by atomic mass is 35.5. The Morgan fingerprint density at radius 1 is 1.38 bits per heavy atom. The number of aromatic nitrogens is 1. The molecule has 0 fully saturated rings. The van der Waals surface area contributed by atoms with Gasteiger partial charge in [-0.15, -0.1) is 0 Å². The van der Waals surface area contributed by atoms with Gasteiger partial charge in [-0.3, -0.25) is 4.79 Å². The Labute approximate surface area is 128 Å². The summed E-state index contributed by atoms with van der Waals surface area (Å²) in [6.07, 6.45) is 2.69.